The third kappa shape index (κ3) is 7.35. The van der Waals surface area contributed by atoms with E-state index in [0.717, 1.165) is 91.4 Å². The summed E-state index contributed by atoms with van der Waals surface area (Å²) < 4.78 is 7.14. The largest absolute Gasteiger partial charge is 0.379 e. The molecule has 1 aromatic heterocycles. The monoisotopic (exact) mass is 745 g/mol. The minimum atomic E-state index is -0.121. The zero-order valence-corrected chi connectivity index (χ0v) is 30.0. The van der Waals surface area contributed by atoms with Crippen LogP contribution < -0.4 is 15.3 Å². The van der Waals surface area contributed by atoms with E-state index in [9.17, 15) is 4.79 Å². The first-order valence-electron chi connectivity index (χ1n) is 14.5. The third-order valence-electron chi connectivity index (χ3n) is 8.77. The van der Waals surface area contributed by atoms with Gasteiger partial charge in [0.2, 0.25) is 6.41 Å². The number of benzene rings is 1. The molecule has 1 aromatic carbocycles. The van der Waals surface area contributed by atoms with E-state index in [1.807, 2.05) is 38.7 Å². The standard InChI is InChI=1S/C25H34ClIN7OP.C5H12O.CH4/c1-15-7-19(31-36-27)18(10-28)21(22(15)26)20-16(2)34(17-8-25(9-17)12-32(13-25)14-35)30-23(20)33-6-5-29-11-24(33,3)4;1-5(2,3)6-4;/h7,10,14,17,28-29,31,36H,5-6,8-9,11-13H2,1-4H3;1-4H3;1H4. The van der Waals surface area contributed by atoms with Crippen molar-refractivity contribution in [3.8, 4) is 11.1 Å². The molecule has 1 saturated carbocycles. The first-order chi connectivity index (χ1) is 19.7. The molecule has 2 aromatic rings. The van der Waals surface area contributed by atoms with Crippen LogP contribution in [0.1, 0.15) is 77.7 Å². The summed E-state index contributed by atoms with van der Waals surface area (Å²) in [6, 6.07) is 2.34. The van der Waals surface area contributed by atoms with Crippen LogP contribution in [0.3, 0.4) is 0 Å². The lowest BCUT2D eigenvalue weighted by molar-refractivity contribution is -0.140. The van der Waals surface area contributed by atoms with Gasteiger partial charge in [-0.15, -0.1) is 0 Å². The van der Waals surface area contributed by atoms with Crippen LogP contribution in [0.5, 0.6) is 0 Å². The van der Waals surface area contributed by atoms with Crippen LogP contribution in [0.4, 0.5) is 11.5 Å². The fourth-order valence-corrected chi connectivity index (χ4v) is 7.76. The number of carbonyl (C=O) groups is 1. The Morgan fingerprint density at radius 3 is 2.40 bits per heavy atom. The highest BCUT2D eigenvalue weighted by molar-refractivity contribution is 14.2. The number of piperazine rings is 1. The van der Waals surface area contributed by atoms with Gasteiger partial charge in [0.25, 0.3) is 0 Å². The number of aryl methyl sites for hydroxylation is 1. The predicted molar refractivity (Wildman–Crippen MR) is 192 cm³/mol. The number of nitrogens with one attached hydrogen (secondary N) is 3. The molecule has 0 bridgehead atoms. The highest BCUT2D eigenvalue weighted by Crippen LogP contribution is 2.55. The van der Waals surface area contributed by atoms with Gasteiger partial charge in [-0.05, 0) is 95.0 Å². The zero-order chi connectivity index (χ0) is 31.0. The molecule has 2 aliphatic heterocycles. The van der Waals surface area contributed by atoms with Crippen molar-refractivity contribution in [1.29, 1.82) is 5.41 Å². The molecule has 9 nitrogen and oxygen atoms in total. The van der Waals surface area contributed by atoms with Crippen LogP contribution in [0.25, 0.3) is 11.1 Å². The van der Waals surface area contributed by atoms with E-state index in [1.54, 1.807) is 7.11 Å². The molecule has 1 spiro atoms. The summed E-state index contributed by atoms with van der Waals surface area (Å²) in [4.78, 5) is 15.4. The number of ether oxygens (including phenoxy) is 1. The van der Waals surface area contributed by atoms with E-state index in [4.69, 9.17) is 26.8 Å². The summed E-state index contributed by atoms with van der Waals surface area (Å²) in [5.41, 5.74) is 5.89. The van der Waals surface area contributed by atoms with Crippen molar-refractivity contribution >= 4 is 64.1 Å². The van der Waals surface area contributed by atoms with Crippen LogP contribution in [0.15, 0.2) is 6.07 Å². The number of halogens is 2. The molecule has 1 atom stereocenters. The molecule has 1 aliphatic carbocycles. The van der Waals surface area contributed by atoms with Crippen LogP contribution in [0, 0.1) is 24.7 Å². The van der Waals surface area contributed by atoms with Crippen molar-refractivity contribution in [2.75, 3.05) is 49.8 Å². The molecule has 3 fully saturated rings. The summed E-state index contributed by atoms with van der Waals surface area (Å²) in [7, 11) is 1.71. The highest BCUT2D eigenvalue weighted by Gasteiger charge is 2.53. The second-order valence-corrected chi connectivity index (χ2v) is 15.9. The van der Waals surface area contributed by atoms with E-state index in [2.05, 4.69) is 62.8 Å². The summed E-state index contributed by atoms with van der Waals surface area (Å²) in [5.74, 6) is 0.946. The first-order valence-corrected chi connectivity index (χ1v) is 19.0. The van der Waals surface area contributed by atoms with Crippen molar-refractivity contribution in [2.24, 2.45) is 5.41 Å². The molecule has 1 unspecified atom stereocenters. The van der Waals surface area contributed by atoms with Gasteiger partial charge in [-0.2, -0.15) is 5.10 Å². The molecule has 3 heterocycles. The van der Waals surface area contributed by atoms with Gasteiger partial charge in [0.15, 0.2) is 5.82 Å². The van der Waals surface area contributed by atoms with Gasteiger partial charge >= 0.3 is 0 Å². The molecule has 2 saturated heterocycles. The Hall–Kier alpha value is -1.46. The Kier molecular flexibility index (Phi) is 11.6. The topological polar surface area (TPSA) is 98.5 Å². The number of likely N-dealkylation sites (tertiary alicyclic amines) is 1. The highest BCUT2D eigenvalue weighted by atomic mass is 127. The van der Waals surface area contributed by atoms with Crippen molar-refractivity contribution in [2.45, 2.75) is 85.9 Å². The number of amides is 1. The van der Waals surface area contributed by atoms with Gasteiger partial charge in [0, 0.05) is 91.4 Å². The van der Waals surface area contributed by atoms with Gasteiger partial charge in [-0.25, -0.2) is 0 Å². The summed E-state index contributed by atoms with van der Waals surface area (Å²) in [5, 5.41) is 21.3. The number of aromatic nitrogens is 2. The zero-order valence-electron chi connectivity index (χ0n) is 26.1. The number of nitrogens with zero attached hydrogens (tertiary/aromatic N) is 4. The molecule has 43 heavy (non-hydrogen) atoms. The van der Waals surface area contributed by atoms with Gasteiger partial charge in [-0.1, -0.05) is 19.0 Å². The van der Waals surface area contributed by atoms with Crippen molar-refractivity contribution in [3.05, 3.63) is 27.9 Å². The Morgan fingerprint density at radius 1 is 1.26 bits per heavy atom. The number of hydrogen-bond acceptors (Lipinski definition) is 7. The average molecular weight is 746 g/mol. The molecule has 5 rings (SSSR count). The van der Waals surface area contributed by atoms with Crippen molar-refractivity contribution < 1.29 is 9.53 Å². The quantitative estimate of drug-likeness (QED) is 0.120. The second kappa shape index (κ2) is 13.9. The molecular weight excluding hydrogens is 696 g/mol. The maximum absolute atomic E-state index is 11.1. The third-order valence-corrected chi connectivity index (χ3v) is 10.4. The molecule has 240 valence electrons. The van der Waals surface area contributed by atoms with Crippen LogP contribution in [-0.2, 0) is 9.53 Å². The van der Waals surface area contributed by atoms with Crippen molar-refractivity contribution in [3.63, 3.8) is 0 Å². The summed E-state index contributed by atoms with van der Waals surface area (Å²) in [6.45, 7) is 19.0. The maximum atomic E-state index is 11.1. The fourth-order valence-electron chi connectivity index (χ4n) is 6.33. The lowest BCUT2D eigenvalue weighted by Gasteiger charge is -2.58. The van der Waals surface area contributed by atoms with E-state index in [0.29, 0.717) is 17.4 Å². The lowest BCUT2D eigenvalue weighted by Crippen LogP contribution is -2.61. The van der Waals surface area contributed by atoms with E-state index in [-0.39, 0.29) is 24.0 Å². The van der Waals surface area contributed by atoms with Gasteiger partial charge in [0.05, 0.1) is 16.7 Å². The first kappa shape index (κ1) is 36.0. The van der Waals surface area contributed by atoms with Gasteiger partial charge in [-0.3, -0.25) is 9.48 Å². The fraction of sp³-hybridized carbons (Fsp3) is 0.645. The summed E-state index contributed by atoms with van der Waals surface area (Å²) in [6.07, 6.45) is 4.93. The molecule has 3 N–H and O–H groups in total. The van der Waals surface area contributed by atoms with Gasteiger partial charge < -0.3 is 30.4 Å². The Bertz CT molecular complexity index is 1310. The van der Waals surface area contributed by atoms with Crippen LogP contribution in [-0.4, -0.2) is 78.3 Å². The minimum absolute atomic E-state index is 0. The smallest absolute Gasteiger partial charge is 0.209 e. The Labute approximate surface area is 278 Å². The number of anilines is 2. The summed E-state index contributed by atoms with van der Waals surface area (Å²) >= 11 is 9.36. The van der Waals surface area contributed by atoms with Crippen molar-refractivity contribution in [1.82, 2.24) is 20.0 Å². The normalized spacial score (nSPS) is 19.3. The second-order valence-electron chi connectivity index (χ2n) is 13.5. The number of rotatable bonds is 7. The molecule has 0 radical (unpaired) electrons. The molecule has 12 heteroatoms. The average Bonchev–Trinajstić information content (AvgIpc) is 3.20. The van der Waals surface area contributed by atoms with Crippen LogP contribution >= 0.6 is 40.0 Å². The number of methoxy groups -OCH3 is 1. The Balaban J connectivity index is 0.000000658. The van der Waals surface area contributed by atoms with E-state index < -0.39 is 0 Å². The van der Waals surface area contributed by atoms with Gasteiger partial charge in [0.1, 0.15) is 0 Å². The Morgan fingerprint density at radius 2 is 1.88 bits per heavy atom. The lowest BCUT2D eigenvalue weighted by atomic mass is 9.61. The molecular formula is C31H50ClIN7O2P. The predicted octanol–water partition coefficient (Wildman–Crippen LogP) is 7.22. The van der Waals surface area contributed by atoms with E-state index in [1.165, 1.54) is 6.21 Å². The number of carbonyl (C=O) groups excluding carboxylic acids is 1. The molecule has 3 aliphatic rings. The minimum Gasteiger partial charge on any atom is -0.379 e. The SMILES string of the molecule is C.COC(C)(C)C.Cc1cc(NPI)c(C=N)c(-c2c(N3CCNCC3(C)C)nn(C3CC4(C3)CN(C=O)C4)c2C)c1Cl. The van der Waals surface area contributed by atoms with E-state index >= 15 is 0 Å². The molecule has 1 amide bonds. The van der Waals surface area contributed by atoms with Crippen LogP contribution in [0.2, 0.25) is 5.02 Å². The maximum Gasteiger partial charge on any atom is 0.209 e. The number of hydrogen-bond donors (Lipinski definition) is 3.